The molecule has 0 saturated heterocycles. The standard InChI is InChI=1S/C16H12N2/c1-13-12-18(15-10-6-3-7-11-15)17-16(13)14-8-4-2-5-9-14/h1-12H. The maximum absolute atomic E-state index is 6.03. The van der Waals surface area contributed by atoms with Crippen LogP contribution in [0.4, 0.5) is 0 Å². The summed E-state index contributed by atoms with van der Waals surface area (Å²) < 4.78 is 1.80. The van der Waals surface area contributed by atoms with Crippen molar-refractivity contribution in [2.45, 2.75) is 0 Å². The maximum atomic E-state index is 6.03. The molecule has 2 heteroatoms. The fraction of sp³-hybridized carbons (Fsp3) is 0. The van der Waals surface area contributed by atoms with Gasteiger partial charge < -0.3 is 0 Å². The molecule has 3 aromatic rings. The highest BCUT2D eigenvalue weighted by atomic mass is 15.3. The summed E-state index contributed by atoms with van der Waals surface area (Å²) in [6, 6.07) is 19.9. The second-order valence-electron chi connectivity index (χ2n) is 4.08. The van der Waals surface area contributed by atoms with Gasteiger partial charge >= 0.3 is 0 Å². The van der Waals surface area contributed by atoms with E-state index >= 15 is 0 Å². The monoisotopic (exact) mass is 232 g/mol. The Morgan fingerprint density at radius 2 is 1.44 bits per heavy atom. The van der Waals surface area contributed by atoms with Crippen LogP contribution in [-0.4, -0.2) is 9.78 Å². The molecule has 0 aliphatic carbocycles. The van der Waals surface area contributed by atoms with Gasteiger partial charge in [-0.15, -0.1) is 0 Å². The van der Waals surface area contributed by atoms with E-state index in [4.69, 9.17) is 6.92 Å². The van der Waals surface area contributed by atoms with Crippen molar-refractivity contribution in [1.82, 2.24) is 9.78 Å². The second-order valence-corrected chi connectivity index (χ2v) is 4.08. The van der Waals surface area contributed by atoms with Crippen molar-refractivity contribution in [3.8, 4) is 16.9 Å². The van der Waals surface area contributed by atoms with Gasteiger partial charge in [-0.3, -0.25) is 0 Å². The number of aromatic nitrogens is 2. The Morgan fingerprint density at radius 1 is 0.833 bits per heavy atom. The normalized spacial score (nSPS) is 10.5. The molecule has 1 aromatic heterocycles. The first-order chi connectivity index (χ1) is 8.84. The van der Waals surface area contributed by atoms with Crippen molar-refractivity contribution in [3.63, 3.8) is 0 Å². The zero-order valence-corrected chi connectivity index (χ0v) is 9.82. The summed E-state index contributed by atoms with van der Waals surface area (Å²) in [7, 11) is 0. The predicted molar refractivity (Wildman–Crippen MR) is 72.4 cm³/mol. The molecule has 0 bridgehead atoms. The fourth-order valence-corrected chi connectivity index (χ4v) is 1.92. The summed E-state index contributed by atoms with van der Waals surface area (Å²) in [5.41, 5.74) is 3.54. The Morgan fingerprint density at radius 3 is 2.11 bits per heavy atom. The Hall–Kier alpha value is -2.35. The molecule has 2 nitrogen and oxygen atoms in total. The van der Waals surface area contributed by atoms with Gasteiger partial charge in [0.15, 0.2) is 0 Å². The van der Waals surface area contributed by atoms with Crippen molar-refractivity contribution in [3.05, 3.63) is 79.3 Å². The molecule has 0 amide bonds. The Labute approximate surface area is 107 Å². The van der Waals surface area contributed by atoms with E-state index in [1.54, 1.807) is 4.68 Å². The van der Waals surface area contributed by atoms with Gasteiger partial charge in [-0.2, -0.15) is 5.10 Å². The van der Waals surface area contributed by atoms with Gasteiger partial charge in [0.25, 0.3) is 0 Å². The van der Waals surface area contributed by atoms with Gasteiger partial charge in [0.05, 0.1) is 11.4 Å². The zero-order chi connectivity index (χ0) is 12.4. The van der Waals surface area contributed by atoms with Crippen LogP contribution in [-0.2, 0) is 0 Å². The third-order valence-corrected chi connectivity index (χ3v) is 2.81. The zero-order valence-electron chi connectivity index (χ0n) is 9.82. The van der Waals surface area contributed by atoms with Crippen molar-refractivity contribution < 1.29 is 0 Å². The molecule has 0 atom stereocenters. The summed E-state index contributed by atoms with van der Waals surface area (Å²) >= 11 is 0. The summed E-state index contributed by atoms with van der Waals surface area (Å²) in [5.74, 6) is 0. The van der Waals surface area contributed by atoms with Crippen LogP contribution in [0.2, 0.25) is 0 Å². The smallest absolute Gasteiger partial charge is 0.0962 e. The van der Waals surface area contributed by atoms with Crippen molar-refractivity contribution in [2.24, 2.45) is 0 Å². The first-order valence-electron chi connectivity index (χ1n) is 5.80. The van der Waals surface area contributed by atoms with Crippen molar-refractivity contribution >= 4 is 0 Å². The van der Waals surface area contributed by atoms with Crippen LogP contribution in [0.1, 0.15) is 5.56 Å². The lowest BCUT2D eigenvalue weighted by Crippen LogP contribution is -1.93. The molecule has 0 unspecified atom stereocenters. The van der Waals surface area contributed by atoms with Crippen LogP contribution < -0.4 is 0 Å². The van der Waals surface area contributed by atoms with E-state index in [9.17, 15) is 0 Å². The molecule has 0 fully saturated rings. The van der Waals surface area contributed by atoms with Crippen LogP contribution in [0.15, 0.2) is 66.9 Å². The van der Waals surface area contributed by atoms with Crippen molar-refractivity contribution in [1.29, 1.82) is 0 Å². The predicted octanol–water partition coefficient (Wildman–Crippen LogP) is 3.60. The summed E-state index contributed by atoms with van der Waals surface area (Å²) in [6.45, 7) is 6.03. The van der Waals surface area contributed by atoms with Gasteiger partial charge in [-0.05, 0) is 12.1 Å². The van der Waals surface area contributed by atoms with Crippen LogP contribution in [0.25, 0.3) is 16.9 Å². The molecule has 0 spiro atoms. The fourth-order valence-electron chi connectivity index (χ4n) is 1.92. The van der Waals surface area contributed by atoms with Gasteiger partial charge in [-0.25, -0.2) is 4.68 Å². The van der Waals surface area contributed by atoms with E-state index in [2.05, 4.69) is 5.10 Å². The summed E-state index contributed by atoms with van der Waals surface area (Å²) in [5, 5.41) is 4.54. The molecule has 18 heavy (non-hydrogen) atoms. The lowest BCUT2D eigenvalue weighted by molar-refractivity contribution is 0.884. The quantitative estimate of drug-likeness (QED) is 0.660. The van der Waals surface area contributed by atoms with Crippen LogP contribution in [0.5, 0.6) is 0 Å². The summed E-state index contributed by atoms with van der Waals surface area (Å²) in [6.07, 6.45) is 1.84. The first kappa shape index (κ1) is 10.8. The molecule has 86 valence electrons. The molecule has 0 aliphatic heterocycles. The van der Waals surface area contributed by atoms with Crippen LogP contribution in [0, 0.1) is 6.92 Å². The molecule has 0 saturated carbocycles. The Kier molecular flexibility index (Phi) is 2.69. The number of nitrogens with zero attached hydrogens (tertiary/aromatic N) is 2. The van der Waals surface area contributed by atoms with E-state index in [0.717, 1.165) is 16.9 Å². The minimum Gasteiger partial charge on any atom is -0.240 e. The second kappa shape index (κ2) is 4.49. The molecule has 3 rings (SSSR count). The highest BCUT2D eigenvalue weighted by Gasteiger charge is 2.08. The molecule has 1 heterocycles. The molecule has 2 radical (unpaired) electrons. The SMILES string of the molecule is [CH]c1cn(-c2ccccc2)nc1-c1ccccc1. The van der Waals surface area contributed by atoms with Crippen LogP contribution >= 0.6 is 0 Å². The van der Waals surface area contributed by atoms with E-state index in [1.807, 2.05) is 66.9 Å². The number of hydrogen-bond acceptors (Lipinski definition) is 1. The minimum atomic E-state index is 0.685. The third kappa shape index (κ3) is 1.93. The molecule has 0 aliphatic rings. The average molecular weight is 232 g/mol. The van der Waals surface area contributed by atoms with Crippen molar-refractivity contribution in [2.75, 3.05) is 0 Å². The average Bonchev–Trinajstić information content (AvgIpc) is 2.83. The molecule has 2 aromatic carbocycles. The largest absolute Gasteiger partial charge is 0.240 e. The van der Waals surface area contributed by atoms with Gasteiger partial charge in [0, 0.05) is 24.2 Å². The summed E-state index contributed by atoms with van der Waals surface area (Å²) in [4.78, 5) is 0. The topological polar surface area (TPSA) is 17.8 Å². The number of benzene rings is 2. The molecular formula is C16H12N2. The third-order valence-electron chi connectivity index (χ3n) is 2.81. The lowest BCUT2D eigenvalue weighted by Gasteiger charge is -2.00. The van der Waals surface area contributed by atoms with Gasteiger partial charge in [0.1, 0.15) is 0 Å². The molecular weight excluding hydrogens is 220 g/mol. The highest BCUT2D eigenvalue weighted by Crippen LogP contribution is 2.22. The Balaban J connectivity index is 2.07. The minimum absolute atomic E-state index is 0.685. The van der Waals surface area contributed by atoms with E-state index in [1.165, 1.54) is 0 Å². The van der Waals surface area contributed by atoms with E-state index in [-0.39, 0.29) is 0 Å². The maximum Gasteiger partial charge on any atom is 0.0962 e. The molecule has 0 N–H and O–H groups in total. The van der Waals surface area contributed by atoms with Gasteiger partial charge in [0.2, 0.25) is 0 Å². The number of hydrogen-bond donors (Lipinski definition) is 0. The van der Waals surface area contributed by atoms with Crippen LogP contribution in [0.3, 0.4) is 0 Å². The van der Waals surface area contributed by atoms with Gasteiger partial charge in [-0.1, -0.05) is 48.5 Å². The van der Waals surface area contributed by atoms with E-state index in [0.29, 0.717) is 5.56 Å². The van der Waals surface area contributed by atoms with E-state index < -0.39 is 0 Å². The lowest BCUT2D eigenvalue weighted by atomic mass is 10.1. The Bertz CT molecular complexity index is 639. The first-order valence-corrected chi connectivity index (χ1v) is 5.80. The number of para-hydroxylation sites is 1. The highest BCUT2D eigenvalue weighted by molar-refractivity contribution is 5.63. The number of rotatable bonds is 2.